The summed E-state index contributed by atoms with van der Waals surface area (Å²) in [5.41, 5.74) is 4.04. The van der Waals surface area contributed by atoms with E-state index in [9.17, 15) is 14.4 Å². The fourth-order valence-corrected chi connectivity index (χ4v) is 2.74. The van der Waals surface area contributed by atoms with Crippen molar-refractivity contribution in [2.45, 2.75) is 33.6 Å². The number of fused-ring (bicyclic) bond motifs is 1. The number of aromatic amines is 1. The Kier molecular flexibility index (Phi) is 9.73. The van der Waals surface area contributed by atoms with Gasteiger partial charge < -0.3 is 15.6 Å². The molecule has 3 amide bonds. The molecule has 2 rings (SSSR count). The summed E-state index contributed by atoms with van der Waals surface area (Å²) in [5.74, 6) is -1.61. The molecule has 8 nitrogen and oxygen atoms in total. The van der Waals surface area contributed by atoms with Crippen LogP contribution in [0.15, 0.2) is 30.5 Å². The van der Waals surface area contributed by atoms with Crippen LogP contribution in [-0.2, 0) is 14.4 Å². The van der Waals surface area contributed by atoms with Crippen molar-refractivity contribution in [2.24, 2.45) is 11.8 Å². The lowest BCUT2D eigenvalue weighted by Gasteiger charge is -2.17. The number of hydrogen-bond donors (Lipinski definition) is 5. The van der Waals surface area contributed by atoms with E-state index in [-0.39, 0.29) is 30.7 Å². The maximum Gasteiger partial charge on any atom is 0.244 e. The van der Waals surface area contributed by atoms with Gasteiger partial charge in [0.05, 0.1) is 6.54 Å². The summed E-state index contributed by atoms with van der Waals surface area (Å²) in [6, 6.07) is 8.31. The van der Waals surface area contributed by atoms with E-state index < -0.39 is 11.8 Å². The molecule has 0 aliphatic carbocycles. The van der Waals surface area contributed by atoms with Gasteiger partial charge in [-0.05, 0) is 30.9 Å². The van der Waals surface area contributed by atoms with Crippen LogP contribution >= 0.6 is 0 Å². The molecule has 0 radical (unpaired) electrons. The van der Waals surface area contributed by atoms with Crippen molar-refractivity contribution in [3.8, 4) is 0 Å². The van der Waals surface area contributed by atoms with Crippen LogP contribution in [0.3, 0.4) is 0 Å². The monoisotopic (exact) mass is 390 g/mol. The van der Waals surface area contributed by atoms with E-state index >= 15 is 0 Å². The number of likely N-dealkylation sites (N-methyl/N-ethyl adjacent to an activating group) is 1. The van der Waals surface area contributed by atoms with Crippen LogP contribution in [0.2, 0.25) is 0 Å². The average Bonchev–Trinajstić information content (AvgIpc) is 3.06. The summed E-state index contributed by atoms with van der Waals surface area (Å²) in [7, 11) is 1.47. The van der Waals surface area contributed by atoms with Crippen molar-refractivity contribution in [3.05, 3.63) is 36.0 Å². The number of carbonyl (C=O) groups excluding carboxylic acids is 3. The van der Waals surface area contributed by atoms with Gasteiger partial charge in [-0.3, -0.25) is 19.6 Å². The number of aryl methyl sites for hydroxylation is 1. The van der Waals surface area contributed by atoms with Gasteiger partial charge in [0, 0.05) is 36.5 Å². The van der Waals surface area contributed by atoms with E-state index in [4.69, 9.17) is 5.21 Å². The number of aromatic nitrogens is 1. The van der Waals surface area contributed by atoms with Gasteiger partial charge in [0.15, 0.2) is 0 Å². The van der Waals surface area contributed by atoms with Crippen molar-refractivity contribution in [3.63, 3.8) is 0 Å². The summed E-state index contributed by atoms with van der Waals surface area (Å²) in [4.78, 5) is 37.1. The second-order valence-corrected chi connectivity index (χ2v) is 6.97. The average molecular weight is 390 g/mol. The van der Waals surface area contributed by atoms with Crippen molar-refractivity contribution >= 4 is 28.6 Å². The molecule has 5 N–H and O–H groups in total. The number of benzene rings is 1. The van der Waals surface area contributed by atoms with E-state index in [0.717, 1.165) is 0 Å². The number of hydrogen-bond acceptors (Lipinski definition) is 4. The predicted octanol–water partition coefficient (Wildman–Crippen LogP) is 1.88. The van der Waals surface area contributed by atoms with Crippen molar-refractivity contribution in [1.29, 1.82) is 0 Å². The minimum atomic E-state index is -0.615. The van der Waals surface area contributed by atoms with Gasteiger partial charge in [-0.15, -0.1) is 0 Å². The van der Waals surface area contributed by atoms with E-state index in [1.807, 2.05) is 26.1 Å². The Bertz CT molecular complexity index is 785. The van der Waals surface area contributed by atoms with Crippen LogP contribution in [0.1, 0.15) is 32.3 Å². The van der Waals surface area contributed by atoms with Gasteiger partial charge in [-0.1, -0.05) is 32.0 Å². The van der Waals surface area contributed by atoms with E-state index in [1.54, 1.807) is 0 Å². The second kappa shape index (κ2) is 11.8. The summed E-state index contributed by atoms with van der Waals surface area (Å²) >= 11 is 0. The Balaban J connectivity index is 0.000000324. The van der Waals surface area contributed by atoms with Crippen LogP contribution in [0.4, 0.5) is 0 Å². The standard InChI is InChI=1S/C11H21N3O4.C9H9N/c1-7(2)4-8(5-9(15)14-18)11(17)13-6-10(16)12-3;1-7-6-10-9-5-3-2-4-8(7)9/h7-8,18H,4-6H2,1-3H3,(H,12,16)(H,13,17)(H,14,15);2-6,10H,1H3. The normalized spacial score (nSPS) is 11.4. The van der Waals surface area contributed by atoms with Crippen LogP contribution in [0.5, 0.6) is 0 Å². The smallest absolute Gasteiger partial charge is 0.244 e. The molecule has 0 saturated carbocycles. The van der Waals surface area contributed by atoms with Gasteiger partial charge in [0.2, 0.25) is 17.7 Å². The van der Waals surface area contributed by atoms with Crippen molar-refractivity contribution < 1.29 is 19.6 Å². The highest BCUT2D eigenvalue weighted by Gasteiger charge is 2.23. The highest BCUT2D eigenvalue weighted by atomic mass is 16.5. The molecule has 1 aromatic carbocycles. The van der Waals surface area contributed by atoms with E-state index in [0.29, 0.717) is 6.42 Å². The summed E-state index contributed by atoms with van der Waals surface area (Å²) < 4.78 is 0. The Morgan fingerprint density at radius 2 is 1.82 bits per heavy atom. The highest BCUT2D eigenvalue weighted by molar-refractivity contribution is 5.88. The van der Waals surface area contributed by atoms with Gasteiger partial charge in [0.1, 0.15) is 0 Å². The number of rotatable bonds is 7. The number of carbonyl (C=O) groups is 3. The molecule has 8 heteroatoms. The lowest BCUT2D eigenvalue weighted by Crippen LogP contribution is -2.40. The minimum absolute atomic E-state index is 0.103. The highest BCUT2D eigenvalue weighted by Crippen LogP contribution is 2.16. The maximum absolute atomic E-state index is 11.8. The maximum atomic E-state index is 11.8. The number of amides is 3. The lowest BCUT2D eigenvalue weighted by molar-refractivity contribution is -0.135. The molecule has 1 aromatic heterocycles. The number of hydroxylamine groups is 1. The zero-order valence-electron chi connectivity index (χ0n) is 16.8. The molecule has 0 aliphatic heterocycles. The summed E-state index contributed by atoms with van der Waals surface area (Å²) in [6.07, 6.45) is 2.44. The Labute approximate surface area is 165 Å². The molecule has 0 spiro atoms. The molecule has 28 heavy (non-hydrogen) atoms. The van der Waals surface area contributed by atoms with Crippen molar-refractivity contribution in [1.82, 2.24) is 21.1 Å². The number of para-hydroxylation sites is 1. The van der Waals surface area contributed by atoms with Gasteiger partial charge >= 0.3 is 0 Å². The van der Waals surface area contributed by atoms with E-state index in [2.05, 4.69) is 40.7 Å². The third-order valence-electron chi connectivity index (χ3n) is 4.18. The summed E-state index contributed by atoms with van der Waals surface area (Å²) in [5, 5.41) is 14.6. The Morgan fingerprint density at radius 3 is 2.39 bits per heavy atom. The second-order valence-electron chi connectivity index (χ2n) is 6.97. The van der Waals surface area contributed by atoms with Crippen LogP contribution < -0.4 is 16.1 Å². The minimum Gasteiger partial charge on any atom is -0.361 e. The molecule has 1 atom stereocenters. The largest absolute Gasteiger partial charge is 0.361 e. The zero-order valence-corrected chi connectivity index (χ0v) is 16.8. The molecule has 2 aromatic rings. The molecule has 1 unspecified atom stereocenters. The first-order valence-electron chi connectivity index (χ1n) is 9.22. The number of H-pyrrole nitrogens is 1. The first-order chi connectivity index (χ1) is 13.3. The third kappa shape index (κ3) is 7.79. The first kappa shape index (κ1) is 23.2. The Hall–Kier alpha value is -2.87. The molecule has 1 heterocycles. The SMILES string of the molecule is CNC(=O)CNC(=O)C(CC(=O)NO)CC(C)C.Cc1c[nH]c2ccccc12. The molecule has 0 fully saturated rings. The van der Waals surface area contributed by atoms with Gasteiger partial charge in [-0.2, -0.15) is 0 Å². The fraction of sp³-hybridized carbons (Fsp3) is 0.450. The summed E-state index contributed by atoms with van der Waals surface area (Å²) in [6.45, 7) is 5.84. The predicted molar refractivity (Wildman–Crippen MR) is 108 cm³/mol. The topological polar surface area (TPSA) is 123 Å². The van der Waals surface area contributed by atoms with Crippen LogP contribution in [0.25, 0.3) is 10.9 Å². The van der Waals surface area contributed by atoms with Crippen LogP contribution in [0, 0.1) is 18.8 Å². The quantitative estimate of drug-likeness (QED) is 0.366. The molecule has 154 valence electrons. The van der Waals surface area contributed by atoms with E-state index in [1.165, 1.54) is 29.0 Å². The number of nitrogens with one attached hydrogen (secondary N) is 4. The molecule has 0 saturated heterocycles. The van der Waals surface area contributed by atoms with Crippen molar-refractivity contribution in [2.75, 3.05) is 13.6 Å². The zero-order chi connectivity index (χ0) is 21.1. The first-order valence-corrected chi connectivity index (χ1v) is 9.22. The fourth-order valence-electron chi connectivity index (χ4n) is 2.74. The third-order valence-corrected chi connectivity index (χ3v) is 4.18. The molecule has 0 aliphatic rings. The lowest BCUT2D eigenvalue weighted by atomic mass is 9.93. The molecular formula is C20H30N4O4. The molecule has 0 bridgehead atoms. The van der Waals surface area contributed by atoms with Gasteiger partial charge in [-0.25, -0.2) is 5.48 Å². The molecular weight excluding hydrogens is 360 g/mol. The van der Waals surface area contributed by atoms with Crippen LogP contribution in [-0.4, -0.2) is 41.5 Å². The Morgan fingerprint density at radius 1 is 1.14 bits per heavy atom. The van der Waals surface area contributed by atoms with Gasteiger partial charge in [0.25, 0.3) is 0 Å².